The van der Waals surface area contributed by atoms with Crippen molar-refractivity contribution >= 4 is 5.69 Å². The van der Waals surface area contributed by atoms with Gasteiger partial charge in [0.05, 0.1) is 12.8 Å². The van der Waals surface area contributed by atoms with E-state index in [2.05, 4.69) is 59.2 Å². The second-order valence-electron chi connectivity index (χ2n) is 8.11. The number of anilines is 1. The number of benzene rings is 2. The van der Waals surface area contributed by atoms with Crippen molar-refractivity contribution in [1.82, 2.24) is 9.88 Å². The predicted molar refractivity (Wildman–Crippen MR) is 121 cm³/mol. The lowest BCUT2D eigenvalue weighted by molar-refractivity contribution is 0.281. The van der Waals surface area contributed by atoms with Crippen LogP contribution in [0.5, 0.6) is 5.75 Å². The summed E-state index contributed by atoms with van der Waals surface area (Å²) in [5.74, 6) is 2.50. The number of para-hydroxylation sites is 1. The van der Waals surface area contributed by atoms with Gasteiger partial charge in [0, 0.05) is 44.0 Å². The average molecular weight is 406 g/mol. The summed E-state index contributed by atoms with van der Waals surface area (Å²) in [4.78, 5) is 9.84. The van der Waals surface area contributed by atoms with Crippen LogP contribution >= 0.6 is 0 Å². The molecule has 0 N–H and O–H groups in total. The summed E-state index contributed by atoms with van der Waals surface area (Å²) >= 11 is 0. The van der Waals surface area contributed by atoms with Gasteiger partial charge >= 0.3 is 0 Å². The SMILES string of the molecule is COc1cc(C)c(-c2nc(CN3CCCN(c4ccccc4)CC3)c(C)o2)cc1C. The topological polar surface area (TPSA) is 41.7 Å². The van der Waals surface area contributed by atoms with Crippen LogP contribution in [0.4, 0.5) is 5.69 Å². The molecule has 0 bridgehead atoms. The third-order valence-corrected chi connectivity index (χ3v) is 5.95. The van der Waals surface area contributed by atoms with Crippen LogP contribution < -0.4 is 9.64 Å². The zero-order valence-corrected chi connectivity index (χ0v) is 18.4. The molecule has 1 aliphatic rings. The molecule has 0 unspecified atom stereocenters. The highest BCUT2D eigenvalue weighted by atomic mass is 16.5. The summed E-state index contributed by atoms with van der Waals surface area (Å²) < 4.78 is 11.5. The fraction of sp³-hybridized carbons (Fsp3) is 0.400. The molecule has 158 valence electrons. The number of oxazole rings is 1. The van der Waals surface area contributed by atoms with Gasteiger partial charge in [0.2, 0.25) is 5.89 Å². The molecule has 1 aromatic heterocycles. The number of methoxy groups -OCH3 is 1. The first-order valence-electron chi connectivity index (χ1n) is 10.7. The van der Waals surface area contributed by atoms with E-state index < -0.39 is 0 Å². The summed E-state index contributed by atoms with van der Waals surface area (Å²) in [6.45, 7) is 11.2. The van der Waals surface area contributed by atoms with Gasteiger partial charge in [0.25, 0.3) is 0 Å². The molecule has 30 heavy (non-hydrogen) atoms. The van der Waals surface area contributed by atoms with Gasteiger partial charge in [-0.05, 0) is 62.6 Å². The molecule has 2 aromatic carbocycles. The van der Waals surface area contributed by atoms with Crippen molar-refractivity contribution in [2.45, 2.75) is 33.7 Å². The fourth-order valence-corrected chi connectivity index (χ4v) is 4.17. The maximum Gasteiger partial charge on any atom is 0.226 e. The standard InChI is InChI=1S/C25H31N3O2/c1-18-16-24(29-4)19(2)15-22(18)25-26-23(20(3)30-25)17-27-11-8-12-28(14-13-27)21-9-6-5-7-10-21/h5-7,9-10,15-16H,8,11-14,17H2,1-4H3. The first kappa shape index (κ1) is 20.5. The molecule has 3 aromatic rings. The molecule has 1 saturated heterocycles. The van der Waals surface area contributed by atoms with Crippen LogP contribution in [0, 0.1) is 20.8 Å². The molecule has 1 aliphatic heterocycles. The zero-order chi connectivity index (χ0) is 21.1. The Balaban J connectivity index is 1.47. The van der Waals surface area contributed by atoms with Gasteiger partial charge in [-0.15, -0.1) is 0 Å². The van der Waals surface area contributed by atoms with E-state index >= 15 is 0 Å². The molecule has 1 fully saturated rings. The van der Waals surface area contributed by atoms with E-state index in [1.165, 1.54) is 5.69 Å². The number of ether oxygens (including phenoxy) is 1. The Morgan fingerprint density at radius 2 is 1.77 bits per heavy atom. The smallest absolute Gasteiger partial charge is 0.226 e. The van der Waals surface area contributed by atoms with Gasteiger partial charge in [0.15, 0.2) is 0 Å². The summed E-state index contributed by atoms with van der Waals surface area (Å²) in [5.41, 5.74) is 5.58. The van der Waals surface area contributed by atoms with Crippen molar-refractivity contribution < 1.29 is 9.15 Å². The fourth-order valence-electron chi connectivity index (χ4n) is 4.17. The van der Waals surface area contributed by atoms with Crippen LogP contribution in [0.2, 0.25) is 0 Å². The van der Waals surface area contributed by atoms with Crippen LogP contribution in [0.25, 0.3) is 11.5 Å². The van der Waals surface area contributed by atoms with E-state index in [-0.39, 0.29) is 0 Å². The van der Waals surface area contributed by atoms with E-state index in [0.717, 1.165) is 73.0 Å². The third kappa shape index (κ3) is 4.36. The number of hydrogen-bond donors (Lipinski definition) is 0. The molecular weight excluding hydrogens is 374 g/mol. The second-order valence-corrected chi connectivity index (χ2v) is 8.11. The van der Waals surface area contributed by atoms with E-state index in [4.69, 9.17) is 14.1 Å². The molecule has 0 atom stereocenters. The Bertz CT molecular complexity index is 997. The minimum Gasteiger partial charge on any atom is -0.496 e. The van der Waals surface area contributed by atoms with Crippen LogP contribution in [0.15, 0.2) is 46.9 Å². The van der Waals surface area contributed by atoms with E-state index in [9.17, 15) is 0 Å². The highest BCUT2D eigenvalue weighted by Gasteiger charge is 2.20. The minimum absolute atomic E-state index is 0.700. The molecule has 5 nitrogen and oxygen atoms in total. The number of aromatic nitrogens is 1. The third-order valence-electron chi connectivity index (χ3n) is 5.95. The molecule has 0 amide bonds. The van der Waals surface area contributed by atoms with Gasteiger partial charge in [-0.25, -0.2) is 4.98 Å². The van der Waals surface area contributed by atoms with Crippen LogP contribution in [-0.4, -0.2) is 43.2 Å². The summed E-state index contributed by atoms with van der Waals surface area (Å²) in [6, 6.07) is 14.8. The normalized spacial score (nSPS) is 15.3. The van der Waals surface area contributed by atoms with Gasteiger partial charge in [-0.1, -0.05) is 18.2 Å². The molecule has 0 aliphatic carbocycles. The van der Waals surface area contributed by atoms with Crippen molar-refractivity contribution in [3.8, 4) is 17.2 Å². The Kier molecular flexibility index (Phi) is 6.09. The van der Waals surface area contributed by atoms with Crippen molar-refractivity contribution in [2.75, 3.05) is 38.2 Å². The molecule has 5 heteroatoms. The Labute approximate surface area is 179 Å². The van der Waals surface area contributed by atoms with Crippen molar-refractivity contribution in [3.63, 3.8) is 0 Å². The largest absolute Gasteiger partial charge is 0.496 e. The highest BCUT2D eigenvalue weighted by molar-refractivity contribution is 5.62. The molecule has 0 saturated carbocycles. The van der Waals surface area contributed by atoms with E-state index in [1.54, 1.807) is 7.11 Å². The Morgan fingerprint density at radius 1 is 0.967 bits per heavy atom. The maximum absolute atomic E-state index is 6.08. The number of aryl methyl sites for hydroxylation is 3. The van der Waals surface area contributed by atoms with Gasteiger partial charge in [-0.3, -0.25) is 4.90 Å². The lowest BCUT2D eigenvalue weighted by Gasteiger charge is -2.23. The van der Waals surface area contributed by atoms with Gasteiger partial charge < -0.3 is 14.1 Å². The highest BCUT2D eigenvalue weighted by Crippen LogP contribution is 2.31. The monoisotopic (exact) mass is 405 g/mol. The molecular formula is C25H31N3O2. The maximum atomic E-state index is 6.08. The number of nitrogens with zero attached hydrogens (tertiary/aromatic N) is 3. The average Bonchev–Trinajstić information content (AvgIpc) is 2.96. The summed E-state index contributed by atoms with van der Waals surface area (Å²) in [5, 5.41) is 0. The lowest BCUT2D eigenvalue weighted by Crippen LogP contribution is -2.30. The van der Waals surface area contributed by atoms with Gasteiger partial charge in [-0.2, -0.15) is 0 Å². The zero-order valence-electron chi connectivity index (χ0n) is 18.4. The second kappa shape index (κ2) is 8.92. The van der Waals surface area contributed by atoms with E-state index in [0.29, 0.717) is 5.89 Å². The van der Waals surface area contributed by atoms with Crippen LogP contribution in [0.1, 0.15) is 29.0 Å². The Hall–Kier alpha value is -2.79. The van der Waals surface area contributed by atoms with Crippen molar-refractivity contribution in [3.05, 3.63) is 65.0 Å². The molecule has 4 rings (SSSR count). The van der Waals surface area contributed by atoms with Gasteiger partial charge in [0.1, 0.15) is 11.5 Å². The first-order chi connectivity index (χ1) is 14.5. The van der Waals surface area contributed by atoms with Crippen LogP contribution in [0.3, 0.4) is 0 Å². The lowest BCUT2D eigenvalue weighted by atomic mass is 10.0. The number of hydrogen-bond acceptors (Lipinski definition) is 5. The minimum atomic E-state index is 0.700. The molecule has 0 radical (unpaired) electrons. The van der Waals surface area contributed by atoms with Crippen LogP contribution in [-0.2, 0) is 6.54 Å². The quantitative estimate of drug-likeness (QED) is 0.598. The predicted octanol–water partition coefficient (Wildman–Crippen LogP) is 4.99. The first-order valence-corrected chi connectivity index (χ1v) is 10.7. The molecule has 0 spiro atoms. The summed E-state index contributed by atoms with van der Waals surface area (Å²) in [6.07, 6.45) is 1.15. The van der Waals surface area contributed by atoms with Crippen molar-refractivity contribution in [1.29, 1.82) is 0 Å². The number of rotatable bonds is 5. The summed E-state index contributed by atoms with van der Waals surface area (Å²) in [7, 11) is 1.70. The van der Waals surface area contributed by atoms with E-state index in [1.807, 2.05) is 13.8 Å². The van der Waals surface area contributed by atoms with Crippen molar-refractivity contribution in [2.24, 2.45) is 0 Å². The molecule has 2 heterocycles. The Morgan fingerprint density at radius 3 is 2.53 bits per heavy atom.